The van der Waals surface area contributed by atoms with E-state index >= 15 is 0 Å². The molecule has 25 heavy (non-hydrogen) atoms. The molecule has 1 aliphatic rings. The van der Waals surface area contributed by atoms with Crippen LogP contribution in [0.15, 0.2) is 53.6 Å². The van der Waals surface area contributed by atoms with E-state index < -0.39 is 4.92 Å². The maximum Gasteiger partial charge on any atom is 0.293 e. The molecule has 0 saturated heterocycles. The highest BCUT2D eigenvalue weighted by molar-refractivity contribution is 5.86. The lowest BCUT2D eigenvalue weighted by Crippen LogP contribution is -2.19. The van der Waals surface area contributed by atoms with Gasteiger partial charge >= 0.3 is 0 Å². The third kappa shape index (κ3) is 4.00. The third-order valence-corrected chi connectivity index (χ3v) is 4.04. The number of nitro benzene ring substituents is 1. The van der Waals surface area contributed by atoms with Crippen molar-refractivity contribution >= 4 is 29.2 Å². The van der Waals surface area contributed by atoms with E-state index in [1.807, 2.05) is 30.3 Å². The van der Waals surface area contributed by atoms with Crippen LogP contribution in [0.3, 0.4) is 0 Å². The molecule has 1 aliphatic carbocycles. The Balaban J connectivity index is 1.81. The minimum absolute atomic E-state index is 0.0242. The lowest BCUT2D eigenvalue weighted by atomic mass is 10.1. The normalized spacial score (nSPS) is 13.6. The minimum Gasteiger partial charge on any atom is -0.339 e. The molecule has 2 aromatic rings. The molecule has 7 nitrogen and oxygen atoms in total. The SMILES string of the molecule is CN(c1ccccc1)c1ccc(/C=N\NC(=O)C2CC2)cc1[N+](=O)[O-]. The van der Waals surface area contributed by atoms with Crippen LogP contribution in [-0.4, -0.2) is 24.1 Å². The first-order chi connectivity index (χ1) is 12.1. The lowest BCUT2D eigenvalue weighted by molar-refractivity contribution is -0.384. The van der Waals surface area contributed by atoms with Gasteiger partial charge in [0.2, 0.25) is 5.91 Å². The number of hydrogen-bond donors (Lipinski definition) is 1. The number of nitro groups is 1. The van der Waals surface area contributed by atoms with Crippen LogP contribution in [0.4, 0.5) is 17.1 Å². The predicted molar refractivity (Wildman–Crippen MR) is 96.1 cm³/mol. The number of hydrazone groups is 1. The summed E-state index contributed by atoms with van der Waals surface area (Å²) in [5.74, 6) is -0.0421. The second-order valence-corrected chi connectivity index (χ2v) is 5.91. The molecule has 128 valence electrons. The van der Waals surface area contributed by atoms with Crippen molar-refractivity contribution in [3.05, 3.63) is 64.2 Å². The molecule has 0 unspecified atom stereocenters. The number of para-hydroxylation sites is 1. The van der Waals surface area contributed by atoms with Gasteiger partial charge in [0.15, 0.2) is 0 Å². The molecular formula is C18H18N4O3. The van der Waals surface area contributed by atoms with Crippen LogP contribution in [0, 0.1) is 16.0 Å². The molecule has 1 saturated carbocycles. The number of benzene rings is 2. The number of hydrogen-bond acceptors (Lipinski definition) is 5. The monoisotopic (exact) mass is 338 g/mol. The first kappa shape index (κ1) is 16.6. The van der Waals surface area contributed by atoms with E-state index in [1.54, 1.807) is 24.1 Å². The average molecular weight is 338 g/mol. The quantitative estimate of drug-likeness (QED) is 0.497. The second kappa shape index (κ2) is 7.12. The molecule has 1 amide bonds. The zero-order valence-corrected chi connectivity index (χ0v) is 13.8. The Morgan fingerprint density at radius 3 is 2.64 bits per heavy atom. The number of nitrogens with zero attached hydrogens (tertiary/aromatic N) is 3. The van der Waals surface area contributed by atoms with Gasteiger partial charge in [-0.25, -0.2) is 5.43 Å². The van der Waals surface area contributed by atoms with E-state index in [1.165, 1.54) is 12.3 Å². The average Bonchev–Trinajstić information content (AvgIpc) is 3.47. The summed E-state index contributed by atoms with van der Waals surface area (Å²) in [6.45, 7) is 0. The number of nitrogens with one attached hydrogen (secondary N) is 1. The van der Waals surface area contributed by atoms with Crippen molar-refractivity contribution in [2.45, 2.75) is 12.8 Å². The van der Waals surface area contributed by atoms with Gasteiger partial charge in [-0.2, -0.15) is 5.10 Å². The van der Waals surface area contributed by atoms with Crippen molar-refractivity contribution in [3.63, 3.8) is 0 Å². The molecule has 0 atom stereocenters. The van der Waals surface area contributed by atoms with Crippen molar-refractivity contribution in [2.24, 2.45) is 11.0 Å². The van der Waals surface area contributed by atoms with Gasteiger partial charge in [0, 0.05) is 30.3 Å². The molecule has 0 radical (unpaired) electrons. The molecule has 7 heteroatoms. The lowest BCUT2D eigenvalue weighted by Gasteiger charge is -2.19. The Kier molecular flexibility index (Phi) is 4.74. The summed E-state index contributed by atoms with van der Waals surface area (Å²) < 4.78 is 0. The molecule has 3 rings (SSSR count). The number of carbonyl (C=O) groups excluding carboxylic acids is 1. The molecular weight excluding hydrogens is 320 g/mol. The van der Waals surface area contributed by atoms with Crippen molar-refractivity contribution in [1.29, 1.82) is 0 Å². The van der Waals surface area contributed by atoms with Crippen LogP contribution in [0.25, 0.3) is 0 Å². The summed E-state index contributed by atoms with van der Waals surface area (Å²) in [6, 6.07) is 14.3. The summed E-state index contributed by atoms with van der Waals surface area (Å²) in [7, 11) is 1.78. The summed E-state index contributed by atoms with van der Waals surface area (Å²) in [5.41, 5.74) is 4.31. The van der Waals surface area contributed by atoms with Gasteiger partial charge in [0.05, 0.1) is 11.1 Å². The maximum absolute atomic E-state index is 11.5. The van der Waals surface area contributed by atoms with Crippen LogP contribution in [-0.2, 0) is 4.79 Å². The van der Waals surface area contributed by atoms with Crippen LogP contribution in [0.1, 0.15) is 18.4 Å². The summed E-state index contributed by atoms with van der Waals surface area (Å²) in [4.78, 5) is 24.3. The fourth-order valence-corrected chi connectivity index (χ4v) is 2.45. The highest BCUT2D eigenvalue weighted by Crippen LogP contribution is 2.32. The fraction of sp³-hybridized carbons (Fsp3) is 0.222. The largest absolute Gasteiger partial charge is 0.339 e. The van der Waals surface area contributed by atoms with Crippen LogP contribution in [0.5, 0.6) is 0 Å². The Bertz CT molecular complexity index is 816. The highest BCUT2D eigenvalue weighted by atomic mass is 16.6. The predicted octanol–water partition coefficient (Wildman–Crippen LogP) is 3.22. The Hall–Kier alpha value is -3.22. The van der Waals surface area contributed by atoms with Crippen molar-refractivity contribution in [3.8, 4) is 0 Å². The van der Waals surface area contributed by atoms with Gasteiger partial charge in [-0.1, -0.05) is 24.3 Å². The van der Waals surface area contributed by atoms with Crippen LogP contribution < -0.4 is 10.3 Å². The summed E-state index contributed by atoms with van der Waals surface area (Å²) in [6.07, 6.45) is 3.21. The molecule has 2 aromatic carbocycles. The van der Waals surface area contributed by atoms with E-state index in [4.69, 9.17) is 0 Å². The van der Waals surface area contributed by atoms with E-state index in [0.717, 1.165) is 18.5 Å². The van der Waals surface area contributed by atoms with Gasteiger partial charge in [0.25, 0.3) is 5.69 Å². The smallest absolute Gasteiger partial charge is 0.293 e. The fourth-order valence-electron chi connectivity index (χ4n) is 2.45. The minimum atomic E-state index is -0.422. The van der Waals surface area contributed by atoms with Crippen LogP contribution in [0.2, 0.25) is 0 Å². The maximum atomic E-state index is 11.5. The molecule has 1 N–H and O–H groups in total. The molecule has 1 fully saturated rings. The standard InChI is InChI=1S/C18H18N4O3/c1-21(15-5-3-2-4-6-15)16-10-7-13(11-17(16)22(24)25)12-19-20-18(23)14-8-9-14/h2-7,10-12,14H,8-9H2,1H3,(H,20,23)/b19-12-. The summed E-state index contributed by atoms with van der Waals surface area (Å²) in [5, 5.41) is 15.3. The summed E-state index contributed by atoms with van der Waals surface area (Å²) >= 11 is 0. The molecule has 0 bridgehead atoms. The first-order valence-electron chi connectivity index (χ1n) is 7.96. The number of anilines is 2. The zero-order valence-electron chi connectivity index (χ0n) is 13.8. The van der Waals surface area contributed by atoms with Crippen molar-refractivity contribution in [2.75, 3.05) is 11.9 Å². The number of rotatable bonds is 6. The van der Waals surface area contributed by atoms with E-state index in [2.05, 4.69) is 10.5 Å². The molecule has 0 aromatic heterocycles. The topological polar surface area (TPSA) is 87.8 Å². The first-order valence-corrected chi connectivity index (χ1v) is 7.96. The second-order valence-electron chi connectivity index (χ2n) is 5.91. The van der Waals surface area contributed by atoms with Crippen molar-refractivity contribution in [1.82, 2.24) is 5.43 Å². The van der Waals surface area contributed by atoms with Crippen molar-refractivity contribution < 1.29 is 9.72 Å². The molecule has 0 aliphatic heterocycles. The Morgan fingerprint density at radius 2 is 2.00 bits per heavy atom. The van der Waals surface area contributed by atoms with Gasteiger partial charge < -0.3 is 4.90 Å². The Morgan fingerprint density at radius 1 is 1.28 bits per heavy atom. The third-order valence-electron chi connectivity index (χ3n) is 4.04. The van der Waals surface area contributed by atoms with E-state index in [9.17, 15) is 14.9 Å². The zero-order chi connectivity index (χ0) is 17.8. The van der Waals surface area contributed by atoms with E-state index in [-0.39, 0.29) is 17.5 Å². The number of amides is 1. The van der Waals surface area contributed by atoms with Gasteiger partial charge in [-0.05, 0) is 31.0 Å². The van der Waals surface area contributed by atoms with E-state index in [0.29, 0.717) is 11.3 Å². The molecule has 0 spiro atoms. The van der Waals surface area contributed by atoms with Gasteiger partial charge in [-0.15, -0.1) is 0 Å². The highest BCUT2D eigenvalue weighted by Gasteiger charge is 2.29. The van der Waals surface area contributed by atoms with Crippen LogP contribution >= 0.6 is 0 Å². The number of carbonyl (C=O) groups is 1. The van der Waals surface area contributed by atoms with Gasteiger partial charge in [0.1, 0.15) is 5.69 Å². The van der Waals surface area contributed by atoms with Gasteiger partial charge in [-0.3, -0.25) is 14.9 Å². The molecule has 0 heterocycles. The Labute approximate surface area is 145 Å².